The van der Waals surface area contributed by atoms with Crippen molar-refractivity contribution < 1.29 is 17.9 Å². The van der Waals surface area contributed by atoms with Gasteiger partial charge in [0.1, 0.15) is 10.6 Å². The van der Waals surface area contributed by atoms with Gasteiger partial charge in [-0.25, -0.2) is 13.1 Å². The van der Waals surface area contributed by atoms with Gasteiger partial charge in [0.2, 0.25) is 10.0 Å². The number of hydrogen-bond donors (Lipinski definition) is 2. The van der Waals surface area contributed by atoms with E-state index in [1.807, 2.05) is 24.3 Å². The molecule has 0 spiro atoms. The van der Waals surface area contributed by atoms with E-state index in [0.29, 0.717) is 15.6 Å². The van der Waals surface area contributed by atoms with Gasteiger partial charge in [-0.3, -0.25) is 4.79 Å². The lowest BCUT2D eigenvalue weighted by molar-refractivity contribution is 0.0958. The van der Waals surface area contributed by atoms with Crippen LogP contribution in [0.25, 0.3) is 10.1 Å². The van der Waals surface area contributed by atoms with E-state index in [2.05, 4.69) is 10.0 Å². The second-order valence-corrected chi connectivity index (χ2v) is 8.77. The minimum atomic E-state index is -3.66. The predicted octanol–water partition coefficient (Wildman–Crippen LogP) is 3.27. The Kier molecular flexibility index (Phi) is 6.01. The summed E-state index contributed by atoms with van der Waals surface area (Å²) in [7, 11) is -2.15. The number of halogens is 1. The molecule has 1 aromatic heterocycles. The highest BCUT2D eigenvalue weighted by Crippen LogP contribution is 2.34. The fraction of sp³-hybridized carbons (Fsp3) is 0.167. The molecule has 0 atom stereocenters. The number of ether oxygens (including phenoxy) is 1. The van der Waals surface area contributed by atoms with Crippen molar-refractivity contribution in [2.45, 2.75) is 4.90 Å². The zero-order chi connectivity index (χ0) is 19.4. The lowest BCUT2D eigenvalue weighted by Gasteiger charge is -2.08. The number of benzene rings is 2. The molecule has 3 aromatic rings. The SMILES string of the molecule is COc1ccc(S(=O)(=O)NCCNC(=O)c2sc3ccccc3c2Cl)cc1. The maximum Gasteiger partial charge on any atom is 0.262 e. The molecule has 2 N–H and O–H groups in total. The zero-order valence-corrected chi connectivity index (χ0v) is 16.7. The van der Waals surface area contributed by atoms with Crippen molar-refractivity contribution in [3.8, 4) is 5.75 Å². The maximum atomic E-state index is 12.3. The molecule has 2 aromatic carbocycles. The van der Waals surface area contributed by atoms with Crippen LogP contribution in [0.5, 0.6) is 5.75 Å². The Labute approximate surface area is 166 Å². The Bertz CT molecular complexity index is 1060. The molecule has 0 saturated heterocycles. The van der Waals surface area contributed by atoms with Crippen molar-refractivity contribution in [3.63, 3.8) is 0 Å². The van der Waals surface area contributed by atoms with Gasteiger partial charge in [0, 0.05) is 23.2 Å². The maximum absolute atomic E-state index is 12.3. The minimum Gasteiger partial charge on any atom is -0.497 e. The van der Waals surface area contributed by atoms with E-state index >= 15 is 0 Å². The molecule has 6 nitrogen and oxygen atoms in total. The number of amides is 1. The van der Waals surface area contributed by atoms with Gasteiger partial charge < -0.3 is 10.1 Å². The first-order valence-electron chi connectivity index (χ1n) is 8.01. The van der Waals surface area contributed by atoms with E-state index in [-0.39, 0.29) is 23.9 Å². The molecular weight excluding hydrogens is 408 g/mol. The van der Waals surface area contributed by atoms with E-state index in [1.54, 1.807) is 12.1 Å². The van der Waals surface area contributed by atoms with Gasteiger partial charge >= 0.3 is 0 Å². The Morgan fingerprint density at radius 3 is 2.48 bits per heavy atom. The monoisotopic (exact) mass is 424 g/mol. The Morgan fingerprint density at radius 2 is 1.81 bits per heavy atom. The normalized spacial score (nSPS) is 11.5. The zero-order valence-electron chi connectivity index (χ0n) is 14.4. The van der Waals surface area contributed by atoms with Crippen LogP contribution in [0.2, 0.25) is 5.02 Å². The molecule has 0 bridgehead atoms. The van der Waals surface area contributed by atoms with Crippen LogP contribution in [0.3, 0.4) is 0 Å². The van der Waals surface area contributed by atoms with E-state index in [4.69, 9.17) is 16.3 Å². The summed E-state index contributed by atoms with van der Waals surface area (Å²) in [5.74, 6) is 0.242. The molecule has 142 valence electrons. The molecular formula is C18H17ClN2O4S2. The summed E-state index contributed by atoms with van der Waals surface area (Å²) in [6.45, 7) is 0.196. The number of sulfonamides is 1. The Morgan fingerprint density at radius 1 is 1.11 bits per heavy atom. The number of hydrogen-bond acceptors (Lipinski definition) is 5. The molecule has 0 saturated carbocycles. The average molecular weight is 425 g/mol. The smallest absolute Gasteiger partial charge is 0.262 e. The third kappa shape index (κ3) is 4.41. The van der Waals surface area contributed by atoms with Crippen LogP contribution < -0.4 is 14.8 Å². The highest BCUT2D eigenvalue weighted by atomic mass is 35.5. The molecule has 3 rings (SSSR count). The second-order valence-electron chi connectivity index (χ2n) is 5.57. The summed E-state index contributed by atoms with van der Waals surface area (Å²) in [5.41, 5.74) is 0. The molecule has 0 aliphatic heterocycles. The molecule has 0 aliphatic rings. The Balaban J connectivity index is 1.57. The summed E-state index contributed by atoms with van der Waals surface area (Å²) in [5, 5.41) is 3.92. The van der Waals surface area contributed by atoms with Crippen LogP contribution in [0.1, 0.15) is 9.67 Å². The van der Waals surface area contributed by atoms with Crippen LogP contribution >= 0.6 is 22.9 Å². The number of methoxy groups -OCH3 is 1. The van der Waals surface area contributed by atoms with Crippen LogP contribution in [0.4, 0.5) is 0 Å². The molecule has 0 fully saturated rings. The third-order valence-corrected chi connectivity index (χ3v) is 6.96. The molecule has 0 aliphatic carbocycles. The van der Waals surface area contributed by atoms with Gasteiger partial charge in [-0.15, -0.1) is 11.3 Å². The molecule has 27 heavy (non-hydrogen) atoms. The van der Waals surface area contributed by atoms with Crippen molar-refractivity contribution in [1.82, 2.24) is 10.0 Å². The second kappa shape index (κ2) is 8.26. The molecule has 0 radical (unpaired) electrons. The Hall–Kier alpha value is -2.13. The minimum absolute atomic E-state index is 0.0582. The number of fused-ring (bicyclic) bond motifs is 1. The van der Waals surface area contributed by atoms with Crippen LogP contribution in [-0.4, -0.2) is 34.5 Å². The number of carbonyl (C=O) groups is 1. The van der Waals surface area contributed by atoms with Crippen LogP contribution in [0, 0.1) is 0 Å². The highest BCUT2D eigenvalue weighted by molar-refractivity contribution is 7.89. The highest BCUT2D eigenvalue weighted by Gasteiger charge is 2.17. The predicted molar refractivity (Wildman–Crippen MR) is 107 cm³/mol. The fourth-order valence-electron chi connectivity index (χ4n) is 2.44. The lowest BCUT2D eigenvalue weighted by atomic mass is 10.2. The van der Waals surface area contributed by atoms with E-state index < -0.39 is 10.0 Å². The van der Waals surface area contributed by atoms with Crippen molar-refractivity contribution in [3.05, 3.63) is 58.4 Å². The van der Waals surface area contributed by atoms with Gasteiger partial charge in [0.05, 0.1) is 17.0 Å². The molecule has 1 heterocycles. The van der Waals surface area contributed by atoms with Crippen LogP contribution in [0.15, 0.2) is 53.4 Å². The van der Waals surface area contributed by atoms with Gasteiger partial charge in [-0.2, -0.15) is 0 Å². The van der Waals surface area contributed by atoms with Gasteiger partial charge in [0.25, 0.3) is 5.91 Å². The number of carbonyl (C=O) groups excluding carboxylic acids is 1. The summed E-state index contributed by atoms with van der Waals surface area (Å²) < 4.78 is 32.8. The molecule has 0 unspecified atom stereocenters. The first-order chi connectivity index (χ1) is 12.9. The summed E-state index contributed by atoms with van der Waals surface area (Å²) in [6.07, 6.45) is 0. The van der Waals surface area contributed by atoms with Crippen molar-refractivity contribution in [2.24, 2.45) is 0 Å². The van der Waals surface area contributed by atoms with E-state index in [0.717, 1.165) is 10.1 Å². The first kappa shape index (κ1) is 19.6. The summed E-state index contributed by atoms with van der Waals surface area (Å²) in [6, 6.07) is 13.5. The van der Waals surface area contributed by atoms with Gasteiger partial charge in [0.15, 0.2) is 0 Å². The number of rotatable bonds is 7. The standard InChI is InChI=1S/C18H17ClN2O4S2/c1-25-12-6-8-13(9-7-12)27(23,24)21-11-10-20-18(22)17-16(19)14-4-2-3-5-15(14)26-17/h2-9,21H,10-11H2,1H3,(H,20,22). The summed E-state index contributed by atoms with van der Waals surface area (Å²) in [4.78, 5) is 12.9. The number of nitrogens with one attached hydrogen (secondary N) is 2. The lowest BCUT2D eigenvalue weighted by Crippen LogP contribution is -2.34. The van der Waals surface area contributed by atoms with Crippen molar-refractivity contribution >= 4 is 49.0 Å². The average Bonchev–Trinajstić information content (AvgIpc) is 3.02. The van der Waals surface area contributed by atoms with Crippen molar-refractivity contribution in [2.75, 3.05) is 20.2 Å². The molecule has 1 amide bonds. The third-order valence-electron chi connectivity index (χ3n) is 3.81. The van der Waals surface area contributed by atoms with Gasteiger partial charge in [-0.1, -0.05) is 29.8 Å². The van der Waals surface area contributed by atoms with Crippen LogP contribution in [-0.2, 0) is 10.0 Å². The fourth-order valence-corrected chi connectivity index (χ4v) is 4.91. The van der Waals surface area contributed by atoms with Gasteiger partial charge in [-0.05, 0) is 30.3 Å². The largest absolute Gasteiger partial charge is 0.497 e. The summed E-state index contributed by atoms with van der Waals surface area (Å²) >= 11 is 7.57. The topological polar surface area (TPSA) is 84.5 Å². The van der Waals surface area contributed by atoms with E-state index in [1.165, 1.54) is 30.6 Å². The van der Waals surface area contributed by atoms with E-state index in [9.17, 15) is 13.2 Å². The molecule has 9 heteroatoms. The number of thiophene rings is 1. The van der Waals surface area contributed by atoms with Crippen molar-refractivity contribution in [1.29, 1.82) is 0 Å². The first-order valence-corrected chi connectivity index (χ1v) is 10.7. The quantitative estimate of drug-likeness (QED) is 0.570.